The van der Waals surface area contributed by atoms with E-state index in [0.29, 0.717) is 0 Å². The molecule has 2 rings (SSSR count). The van der Waals surface area contributed by atoms with Gasteiger partial charge in [-0.2, -0.15) is 0 Å². The molecule has 0 nitrogen and oxygen atoms in total. The normalized spacial score (nSPS) is 45.5. The predicted octanol–water partition coefficient (Wildman–Crippen LogP) is 3.13. The fourth-order valence-corrected chi connectivity index (χ4v) is 3.09. The highest BCUT2D eigenvalue weighted by atomic mass is 79.9. The minimum absolute atomic E-state index is 0.868. The first-order valence-electron chi connectivity index (χ1n) is 4.18. The molecule has 0 aromatic heterocycles. The summed E-state index contributed by atoms with van der Waals surface area (Å²) in [4.78, 5) is 0.868. The van der Waals surface area contributed by atoms with Gasteiger partial charge in [-0.3, -0.25) is 0 Å². The van der Waals surface area contributed by atoms with Crippen LogP contribution in [-0.4, -0.2) is 4.83 Å². The summed E-state index contributed by atoms with van der Waals surface area (Å²) in [5.74, 6) is 2.04. The molecule has 0 heterocycles. The molecule has 0 spiro atoms. The summed E-state index contributed by atoms with van der Waals surface area (Å²) in [5.41, 5.74) is 0. The van der Waals surface area contributed by atoms with Gasteiger partial charge in [-0.1, -0.05) is 28.1 Å². The molecule has 0 saturated heterocycles. The summed E-state index contributed by atoms with van der Waals surface area (Å²) in [7, 11) is 0. The van der Waals surface area contributed by atoms with Crippen molar-refractivity contribution in [3.63, 3.8) is 0 Å². The summed E-state index contributed by atoms with van der Waals surface area (Å²) >= 11 is 3.72. The maximum Gasteiger partial charge on any atom is 0.0208 e. The summed E-state index contributed by atoms with van der Waals surface area (Å²) < 4.78 is 0. The molecule has 56 valence electrons. The highest BCUT2D eigenvalue weighted by Crippen LogP contribution is 2.51. The zero-order valence-electron chi connectivity index (χ0n) is 6.09. The molecular formula is C9H13Br. The van der Waals surface area contributed by atoms with Gasteiger partial charge in [0.1, 0.15) is 0 Å². The monoisotopic (exact) mass is 200 g/mol. The molecule has 0 aromatic carbocycles. The first kappa shape index (κ1) is 6.90. The fourth-order valence-electron chi connectivity index (χ4n) is 1.96. The fraction of sp³-hybridized carbons (Fsp3) is 0.778. The number of hydrogen-bond acceptors (Lipinski definition) is 0. The summed E-state index contributed by atoms with van der Waals surface area (Å²) in [6.07, 6.45) is 10.1. The molecule has 2 aliphatic carbocycles. The lowest BCUT2D eigenvalue weighted by atomic mass is 10.1. The minimum atomic E-state index is 0.868. The lowest BCUT2D eigenvalue weighted by Crippen LogP contribution is -1.85. The van der Waals surface area contributed by atoms with Gasteiger partial charge < -0.3 is 0 Å². The Morgan fingerprint density at radius 3 is 2.00 bits per heavy atom. The van der Waals surface area contributed by atoms with Gasteiger partial charge in [-0.25, -0.2) is 0 Å². The van der Waals surface area contributed by atoms with Crippen LogP contribution >= 0.6 is 15.9 Å². The van der Waals surface area contributed by atoms with Crippen molar-refractivity contribution in [3.8, 4) is 0 Å². The SMILES string of the molecule is BrC1C2CCC=CCCC12. The number of halogens is 1. The molecule has 2 atom stereocenters. The van der Waals surface area contributed by atoms with Crippen LogP contribution in [0.1, 0.15) is 25.7 Å². The lowest BCUT2D eigenvalue weighted by molar-refractivity contribution is 0.605. The van der Waals surface area contributed by atoms with Crippen LogP contribution < -0.4 is 0 Å². The number of rotatable bonds is 0. The lowest BCUT2D eigenvalue weighted by Gasteiger charge is -1.98. The molecule has 2 unspecified atom stereocenters. The molecular weight excluding hydrogens is 188 g/mol. The standard InChI is InChI=1S/C9H13Br/c10-9-7-5-3-1-2-4-6-8(7)9/h1-2,7-9H,3-6H2. The second-order valence-electron chi connectivity index (χ2n) is 3.40. The van der Waals surface area contributed by atoms with Gasteiger partial charge in [0.2, 0.25) is 0 Å². The van der Waals surface area contributed by atoms with Gasteiger partial charge in [-0.05, 0) is 37.5 Å². The highest BCUT2D eigenvalue weighted by Gasteiger charge is 2.46. The van der Waals surface area contributed by atoms with Crippen LogP contribution in [0.5, 0.6) is 0 Å². The van der Waals surface area contributed by atoms with Crippen molar-refractivity contribution in [2.24, 2.45) is 11.8 Å². The molecule has 1 saturated carbocycles. The Kier molecular flexibility index (Phi) is 1.86. The Hall–Kier alpha value is 0.220. The second-order valence-corrected chi connectivity index (χ2v) is 4.46. The Balaban J connectivity index is 1.94. The Morgan fingerprint density at radius 2 is 1.50 bits per heavy atom. The Bertz CT molecular complexity index is 135. The van der Waals surface area contributed by atoms with Crippen LogP contribution in [-0.2, 0) is 0 Å². The van der Waals surface area contributed by atoms with Gasteiger partial charge >= 0.3 is 0 Å². The summed E-state index contributed by atoms with van der Waals surface area (Å²) in [6.45, 7) is 0. The van der Waals surface area contributed by atoms with Crippen LogP contribution in [0.3, 0.4) is 0 Å². The largest absolute Gasteiger partial charge is 0.0885 e. The molecule has 0 bridgehead atoms. The molecule has 0 amide bonds. The van der Waals surface area contributed by atoms with E-state index in [1.807, 2.05) is 0 Å². The predicted molar refractivity (Wildman–Crippen MR) is 47.3 cm³/mol. The van der Waals surface area contributed by atoms with Crippen LogP contribution in [0.15, 0.2) is 12.2 Å². The average molecular weight is 201 g/mol. The van der Waals surface area contributed by atoms with Gasteiger partial charge in [0.15, 0.2) is 0 Å². The van der Waals surface area contributed by atoms with Crippen molar-refractivity contribution >= 4 is 15.9 Å². The van der Waals surface area contributed by atoms with E-state index in [0.717, 1.165) is 16.7 Å². The smallest absolute Gasteiger partial charge is 0.0208 e. The van der Waals surface area contributed by atoms with Crippen molar-refractivity contribution in [1.82, 2.24) is 0 Å². The van der Waals surface area contributed by atoms with E-state index in [2.05, 4.69) is 28.1 Å². The molecule has 0 aliphatic heterocycles. The van der Waals surface area contributed by atoms with E-state index in [1.165, 1.54) is 25.7 Å². The number of hydrogen-bond donors (Lipinski definition) is 0. The summed E-state index contributed by atoms with van der Waals surface area (Å²) in [6, 6.07) is 0. The first-order valence-corrected chi connectivity index (χ1v) is 5.10. The van der Waals surface area contributed by atoms with E-state index in [9.17, 15) is 0 Å². The van der Waals surface area contributed by atoms with Gasteiger partial charge in [0, 0.05) is 4.83 Å². The summed E-state index contributed by atoms with van der Waals surface area (Å²) in [5, 5.41) is 0. The third kappa shape index (κ3) is 1.16. The van der Waals surface area contributed by atoms with Crippen molar-refractivity contribution in [2.45, 2.75) is 30.5 Å². The molecule has 0 radical (unpaired) electrons. The second kappa shape index (κ2) is 2.69. The van der Waals surface area contributed by atoms with E-state index in [1.54, 1.807) is 0 Å². The van der Waals surface area contributed by atoms with E-state index < -0.39 is 0 Å². The third-order valence-corrected chi connectivity index (χ3v) is 4.09. The van der Waals surface area contributed by atoms with Crippen LogP contribution in [0, 0.1) is 11.8 Å². The molecule has 0 aromatic rings. The third-order valence-electron chi connectivity index (χ3n) is 2.73. The van der Waals surface area contributed by atoms with Crippen molar-refractivity contribution in [2.75, 3.05) is 0 Å². The van der Waals surface area contributed by atoms with Crippen LogP contribution in [0.25, 0.3) is 0 Å². The Morgan fingerprint density at radius 1 is 1.00 bits per heavy atom. The van der Waals surface area contributed by atoms with Crippen molar-refractivity contribution in [1.29, 1.82) is 0 Å². The zero-order chi connectivity index (χ0) is 6.97. The Labute approximate surface area is 70.8 Å². The quantitative estimate of drug-likeness (QED) is 0.417. The number of allylic oxidation sites excluding steroid dienone is 2. The van der Waals surface area contributed by atoms with Gasteiger partial charge in [0.25, 0.3) is 0 Å². The minimum Gasteiger partial charge on any atom is -0.0885 e. The first-order chi connectivity index (χ1) is 4.89. The topological polar surface area (TPSA) is 0 Å². The maximum atomic E-state index is 3.72. The molecule has 1 fully saturated rings. The molecule has 1 heteroatoms. The van der Waals surface area contributed by atoms with Crippen molar-refractivity contribution < 1.29 is 0 Å². The van der Waals surface area contributed by atoms with Gasteiger partial charge in [0.05, 0.1) is 0 Å². The van der Waals surface area contributed by atoms with E-state index in [-0.39, 0.29) is 0 Å². The van der Waals surface area contributed by atoms with E-state index >= 15 is 0 Å². The maximum absolute atomic E-state index is 3.72. The molecule has 2 aliphatic rings. The molecule has 0 N–H and O–H groups in total. The van der Waals surface area contributed by atoms with Gasteiger partial charge in [-0.15, -0.1) is 0 Å². The highest BCUT2D eigenvalue weighted by molar-refractivity contribution is 9.09. The van der Waals surface area contributed by atoms with Crippen LogP contribution in [0.4, 0.5) is 0 Å². The van der Waals surface area contributed by atoms with Crippen molar-refractivity contribution in [3.05, 3.63) is 12.2 Å². The zero-order valence-corrected chi connectivity index (χ0v) is 7.68. The average Bonchev–Trinajstić information content (AvgIpc) is 2.39. The molecule has 10 heavy (non-hydrogen) atoms. The number of fused-ring (bicyclic) bond motifs is 1. The van der Waals surface area contributed by atoms with Crippen LogP contribution in [0.2, 0.25) is 0 Å². The van der Waals surface area contributed by atoms with E-state index in [4.69, 9.17) is 0 Å². The number of alkyl halides is 1.